The van der Waals surface area contributed by atoms with Gasteiger partial charge in [0.05, 0.1) is 11.5 Å². The molecule has 1 amide bonds. The molecule has 24 heavy (non-hydrogen) atoms. The fourth-order valence-electron chi connectivity index (χ4n) is 3.18. The average molecular weight is 330 g/mol. The number of hydrogen-bond donors (Lipinski definition) is 2. The van der Waals surface area contributed by atoms with Crippen LogP contribution >= 0.6 is 0 Å². The van der Waals surface area contributed by atoms with Gasteiger partial charge in [-0.15, -0.1) is 0 Å². The molecule has 0 radical (unpaired) electrons. The number of aromatic nitrogens is 1. The van der Waals surface area contributed by atoms with Crippen LogP contribution < -0.4 is 5.32 Å². The lowest BCUT2D eigenvalue weighted by Gasteiger charge is -2.32. The predicted octanol–water partition coefficient (Wildman–Crippen LogP) is 2.83. The van der Waals surface area contributed by atoms with Crippen LogP contribution in [0, 0.1) is 25.6 Å². The first-order valence-electron chi connectivity index (χ1n) is 7.85. The van der Waals surface area contributed by atoms with Gasteiger partial charge < -0.3 is 15.0 Å². The fourth-order valence-corrected chi connectivity index (χ4v) is 3.18. The van der Waals surface area contributed by atoms with E-state index in [-0.39, 0.29) is 23.7 Å². The molecule has 0 bridgehead atoms. The molecular formula is C18H19FN2O3. The number of nitrogens with zero attached hydrogens (tertiary/aromatic N) is 1. The van der Waals surface area contributed by atoms with E-state index in [0.29, 0.717) is 18.4 Å². The normalized spacial score (nSPS) is 19.6. The van der Waals surface area contributed by atoms with E-state index in [0.717, 1.165) is 17.1 Å². The van der Waals surface area contributed by atoms with Crippen molar-refractivity contribution in [3.63, 3.8) is 0 Å². The predicted molar refractivity (Wildman–Crippen MR) is 86.8 cm³/mol. The summed E-state index contributed by atoms with van der Waals surface area (Å²) < 4.78 is 15.0. The van der Waals surface area contributed by atoms with Crippen LogP contribution in [0.1, 0.15) is 34.6 Å². The Labute approximate surface area is 139 Å². The number of amides is 1. The summed E-state index contributed by atoms with van der Waals surface area (Å²) in [6, 6.07) is 7.80. The Balaban J connectivity index is 1.77. The Hall–Kier alpha value is -2.63. The first-order chi connectivity index (χ1) is 11.4. The number of benzene rings is 1. The van der Waals surface area contributed by atoms with E-state index in [1.807, 2.05) is 18.4 Å². The third-order valence-electron chi connectivity index (χ3n) is 4.58. The summed E-state index contributed by atoms with van der Waals surface area (Å²) in [5.74, 6) is -1.68. The molecule has 5 nitrogen and oxygen atoms in total. The summed E-state index contributed by atoms with van der Waals surface area (Å²) in [5, 5.41) is 11.8. The maximum atomic E-state index is 13.1. The van der Waals surface area contributed by atoms with Crippen LogP contribution in [0.15, 0.2) is 30.3 Å². The molecule has 0 spiro atoms. The number of aryl methyl sites for hydroxylation is 1. The molecule has 1 aromatic carbocycles. The first kappa shape index (κ1) is 16.2. The molecule has 0 atom stereocenters. The largest absolute Gasteiger partial charge is 0.481 e. The molecule has 0 unspecified atom stereocenters. The Bertz CT molecular complexity index is 789. The van der Waals surface area contributed by atoms with Gasteiger partial charge >= 0.3 is 5.97 Å². The molecule has 2 N–H and O–H groups in total. The van der Waals surface area contributed by atoms with Crippen molar-refractivity contribution < 1.29 is 19.1 Å². The van der Waals surface area contributed by atoms with E-state index >= 15 is 0 Å². The maximum Gasteiger partial charge on any atom is 0.306 e. The molecule has 1 heterocycles. The van der Waals surface area contributed by atoms with Crippen LogP contribution in [0.3, 0.4) is 0 Å². The lowest BCUT2D eigenvalue weighted by atomic mass is 9.80. The lowest BCUT2D eigenvalue weighted by molar-refractivity contribution is -0.145. The highest BCUT2D eigenvalue weighted by Crippen LogP contribution is 2.28. The third kappa shape index (κ3) is 2.91. The molecule has 3 rings (SSSR count). The Morgan fingerprint density at radius 3 is 2.42 bits per heavy atom. The summed E-state index contributed by atoms with van der Waals surface area (Å²) >= 11 is 0. The maximum absolute atomic E-state index is 13.1. The lowest BCUT2D eigenvalue weighted by Crippen LogP contribution is -2.46. The minimum absolute atomic E-state index is 0.0903. The van der Waals surface area contributed by atoms with Gasteiger partial charge in [0.2, 0.25) is 0 Å². The number of nitrogens with one attached hydrogen (secondary N) is 1. The highest BCUT2D eigenvalue weighted by Gasteiger charge is 2.35. The Kier molecular flexibility index (Phi) is 4.13. The van der Waals surface area contributed by atoms with Gasteiger partial charge in [0, 0.05) is 23.1 Å². The molecule has 2 aromatic rings. The van der Waals surface area contributed by atoms with Crippen LogP contribution in [0.2, 0.25) is 0 Å². The van der Waals surface area contributed by atoms with E-state index in [1.165, 1.54) is 12.1 Å². The standard InChI is InChI=1S/C18H19FN2O3/c1-10-7-16(17(22)20-14-8-12(9-14)18(23)24)11(2)21(10)15-5-3-13(19)4-6-15/h3-7,12,14H,8-9H2,1-2H3,(H,20,22)(H,23,24). The molecule has 0 aliphatic heterocycles. The second kappa shape index (κ2) is 6.11. The fraction of sp³-hybridized carbons (Fsp3) is 0.333. The van der Waals surface area contributed by atoms with E-state index in [2.05, 4.69) is 5.32 Å². The molecule has 1 fully saturated rings. The van der Waals surface area contributed by atoms with Gasteiger partial charge in [0.1, 0.15) is 5.82 Å². The van der Waals surface area contributed by atoms with Crippen molar-refractivity contribution in [2.45, 2.75) is 32.7 Å². The van der Waals surface area contributed by atoms with Gasteiger partial charge in [0.25, 0.3) is 5.91 Å². The molecule has 1 aromatic heterocycles. The quantitative estimate of drug-likeness (QED) is 0.905. The number of rotatable bonds is 4. The second-order valence-corrected chi connectivity index (χ2v) is 6.27. The molecule has 6 heteroatoms. The van der Waals surface area contributed by atoms with Crippen LogP contribution in [0.25, 0.3) is 5.69 Å². The van der Waals surface area contributed by atoms with Crippen molar-refractivity contribution in [1.82, 2.24) is 9.88 Å². The van der Waals surface area contributed by atoms with Crippen molar-refractivity contribution in [3.05, 3.63) is 53.1 Å². The van der Waals surface area contributed by atoms with E-state index < -0.39 is 5.97 Å². The van der Waals surface area contributed by atoms with Crippen LogP contribution in [-0.4, -0.2) is 27.6 Å². The minimum Gasteiger partial charge on any atom is -0.481 e. The smallest absolute Gasteiger partial charge is 0.306 e. The molecule has 126 valence electrons. The number of carboxylic acid groups (broad SMARTS) is 1. The molecule has 1 aliphatic rings. The molecule has 1 saturated carbocycles. The average Bonchev–Trinajstić information content (AvgIpc) is 2.78. The Morgan fingerprint density at radius 1 is 1.21 bits per heavy atom. The van der Waals surface area contributed by atoms with Gasteiger partial charge in [-0.2, -0.15) is 0 Å². The summed E-state index contributed by atoms with van der Waals surface area (Å²) in [7, 11) is 0. The monoisotopic (exact) mass is 330 g/mol. The van der Waals surface area contributed by atoms with Gasteiger partial charge in [-0.1, -0.05) is 0 Å². The zero-order chi connectivity index (χ0) is 17.4. The van der Waals surface area contributed by atoms with Crippen molar-refractivity contribution in [2.24, 2.45) is 5.92 Å². The first-order valence-corrected chi connectivity index (χ1v) is 7.85. The highest BCUT2D eigenvalue weighted by molar-refractivity contribution is 5.96. The minimum atomic E-state index is -0.810. The van der Waals surface area contributed by atoms with E-state index in [9.17, 15) is 14.0 Å². The van der Waals surface area contributed by atoms with Gasteiger partial charge in [0.15, 0.2) is 0 Å². The van der Waals surface area contributed by atoms with Crippen molar-refractivity contribution in [1.29, 1.82) is 0 Å². The number of hydrogen-bond acceptors (Lipinski definition) is 2. The van der Waals surface area contributed by atoms with Gasteiger partial charge in [-0.05, 0) is 57.0 Å². The van der Waals surface area contributed by atoms with Gasteiger partial charge in [-0.3, -0.25) is 9.59 Å². The van der Waals surface area contributed by atoms with Gasteiger partial charge in [-0.25, -0.2) is 4.39 Å². The van der Waals surface area contributed by atoms with Crippen molar-refractivity contribution >= 4 is 11.9 Å². The Morgan fingerprint density at radius 2 is 1.83 bits per heavy atom. The number of carbonyl (C=O) groups excluding carboxylic acids is 1. The van der Waals surface area contributed by atoms with E-state index in [4.69, 9.17) is 5.11 Å². The summed E-state index contributed by atoms with van der Waals surface area (Å²) in [6.45, 7) is 3.73. The van der Waals surface area contributed by atoms with Crippen molar-refractivity contribution in [3.8, 4) is 5.69 Å². The zero-order valence-electron chi connectivity index (χ0n) is 13.5. The number of carbonyl (C=O) groups is 2. The summed E-state index contributed by atoms with van der Waals surface area (Å²) in [5.41, 5.74) is 2.99. The van der Waals surface area contributed by atoms with E-state index in [1.54, 1.807) is 18.2 Å². The number of aliphatic carboxylic acids is 1. The summed E-state index contributed by atoms with van der Waals surface area (Å²) in [6.07, 6.45) is 0.940. The summed E-state index contributed by atoms with van der Waals surface area (Å²) in [4.78, 5) is 23.3. The number of halogens is 1. The van der Waals surface area contributed by atoms with Crippen LogP contribution in [0.4, 0.5) is 4.39 Å². The van der Waals surface area contributed by atoms with Crippen LogP contribution in [-0.2, 0) is 4.79 Å². The zero-order valence-corrected chi connectivity index (χ0v) is 13.5. The molecule has 1 aliphatic carbocycles. The second-order valence-electron chi connectivity index (χ2n) is 6.27. The van der Waals surface area contributed by atoms with Crippen LogP contribution in [0.5, 0.6) is 0 Å². The third-order valence-corrected chi connectivity index (χ3v) is 4.58. The molecular weight excluding hydrogens is 311 g/mol. The topological polar surface area (TPSA) is 71.3 Å². The highest BCUT2D eigenvalue weighted by atomic mass is 19.1. The number of carboxylic acids is 1. The SMILES string of the molecule is Cc1cc(C(=O)NC2CC(C(=O)O)C2)c(C)n1-c1ccc(F)cc1. The molecule has 0 saturated heterocycles. The van der Waals surface area contributed by atoms with Crippen molar-refractivity contribution in [2.75, 3.05) is 0 Å².